The minimum Gasteiger partial charge on any atom is -0.480 e. The number of rotatable bonds is 6. The van der Waals surface area contributed by atoms with Crippen LogP contribution < -0.4 is 5.32 Å². The molecule has 0 radical (unpaired) electrons. The summed E-state index contributed by atoms with van der Waals surface area (Å²) >= 11 is 0. The maximum atomic E-state index is 10.4. The van der Waals surface area contributed by atoms with Crippen molar-refractivity contribution in [2.24, 2.45) is 0 Å². The molecule has 2 N–H and O–H groups in total. The lowest BCUT2D eigenvalue weighted by molar-refractivity contribution is -0.140. The molecular weight excluding hydrogens is 146 g/mol. The number of carboxylic acid groups (broad SMARTS) is 1. The number of hydrogen-bond acceptors (Lipinski definition) is 3. The lowest BCUT2D eigenvalue weighted by atomic mass is 10.3. The maximum absolute atomic E-state index is 10.4. The van der Waals surface area contributed by atoms with Gasteiger partial charge in [0.25, 0.3) is 0 Å². The van der Waals surface area contributed by atoms with E-state index in [4.69, 9.17) is 9.84 Å². The van der Waals surface area contributed by atoms with Gasteiger partial charge in [-0.3, -0.25) is 4.79 Å². The molecule has 0 rings (SSSR count). The van der Waals surface area contributed by atoms with Crippen molar-refractivity contribution in [2.75, 3.05) is 20.3 Å². The smallest absolute Gasteiger partial charge is 0.323 e. The molecule has 0 saturated carbocycles. The van der Waals surface area contributed by atoms with Crippen molar-refractivity contribution in [3.63, 3.8) is 0 Å². The van der Waals surface area contributed by atoms with Crippen molar-refractivity contribution < 1.29 is 14.6 Å². The molecule has 4 nitrogen and oxygen atoms in total. The summed E-state index contributed by atoms with van der Waals surface area (Å²) < 4.78 is 4.94. The summed E-state index contributed by atoms with van der Waals surface area (Å²) in [6.45, 7) is 3.98. The van der Waals surface area contributed by atoms with Gasteiger partial charge in [0.1, 0.15) is 6.04 Å². The molecule has 0 aromatic heterocycles. The number of hydrogen-bond donors (Lipinski definition) is 2. The first kappa shape index (κ1) is 10.1. The van der Waals surface area contributed by atoms with E-state index in [2.05, 4.69) is 11.9 Å². The molecule has 0 aliphatic heterocycles. The lowest BCUT2D eigenvalue weighted by Crippen LogP contribution is -2.38. The van der Waals surface area contributed by atoms with Crippen molar-refractivity contribution in [1.82, 2.24) is 5.32 Å². The number of carboxylic acids is 1. The molecule has 0 bridgehead atoms. The molecule has 11 heavy (non-hydrogen) atoms. The molecular formula is C7H13NO3. The van der Waals surface area contributed by atoms with E-state index in [0.29, 0.717) is 6.61 Å². The van der Waals surface area contributed by atoms with Gasteiger partial charge in [0.15, 0.2) is 0 Å². The van der Waals surface area contributed by atoms with Gasteiger partial charge in [-0.15, -0.1) is 6.58 Å². The Balaban J connectivity index is 3.52. The number of carbonyl (C=O) groups is 1. The van der Waals surface area contributed by atoms with E-state index >= 15 is 0 Å². The van der Waals surface area contributed by atoms with Crippen LogP contribution in [-0.4, -0.2) is 37.4 Å². The van der Waals surface area contributed by atoms with Crippen LogP contribution in [0.1, 0.15) is 0 Å². The first-order chi connectivity index (χ1) is 5.22. The molecule has 0 aliphatic rings. The molecule has 0 amide bonds. The Kier molecular flexibility index (Phi) is 5.42. The predicted molar refractivity (Wildman–Crippen MR) is 41.5 cm³/mol. The van der Waals surface area contributed by atoms with Gasteiger partial charge in [0.05, 0.1) is 13.2 Å². The van der Waals surface area contributed by atoms with Crippen LogP contribution in [0, 0.1) is 0 Å². The van der Waals surface area contributed by atoms with Gasteiger partial charge in [-0.05, 0) is 7.05 Å². The van der Waals surface area contributed by atoms with Gasteiger partial charge in [-0.2, -0.15) is 0 Å². The Morgan fingerprint density at radius 2 is 2.55 bits per heavy atom. The van der Waals surface area contributed by atoms with Crippen LogP contribution >= 0.6 is 0 Å². The fraction of sp³-hybridized carbons (Fsp3) is 0.571. The highest BCUT2D eigenvalue weighted by molar-refractivity contribution is 5.73. The fourth-order valence-electron chi connectivity index (χ4n) is 0.547. The zero-order valence-corrected chi connectivity index (χ0v) is 6.54. The molecule has 1 atom stereocenters. The van der Waals surface area contributed by atoms with Crippen molar-refractivity contribution in [1.29, 1.82) is 0 Å². The third kappa shape index (κ3) is 4.52. The van der Waals surface area contributed by atoms with Crippen LogP contribution in [0.15, 0.2) is 12.7 Å². The van der Waals surface area contributed by atoms with E-state index in [1.165, 1.54) is 0 Å². The molecule has 0 aliphatic carbocycles. The number of ether oxygens (including phenoxy) is 1. The number of nitrogens with one attached hydrogen (secondary N) is 1. The van der Waals surface area contributed by atoms with Crippen molar-refractivity contribution in [2.45, 2.75) is 6.04 Å². The van der Waals surface area contributed by atoms with Crippen LogP contribution in [0.25, 0.3) is 0 Å². The Hall–Kier alpha value is -0.870. The highest BCUT2D eigenvalue weighted by Gasteiger charge is 2.13. The second-order valence-corrected chi connectivity index (χ2v) is 2.01. The third-order valence-electron chi connectivity index (χ3n) is 1.17. The summed E-state index contributed by atoms with van der Waals surface area (Å²) in [5.74, 6) is -0.906. The molecule has 0 fully saturated rings. The zero-order chi connectivity index (χ0) is 8.69. The van der Waals surface area contributed by atoms with Crippen molar-refractivity contribution in [3.8, 4) is 0 Å². The normalized spacial score (nSPS) is 12.5. The van der Waals surface area contributed by atoms with Gasteiger partial charge in [-0.1, -0.05) is 6.08 Å². The van der Waals surface area contributed by atoms with Crippen LogP contribution in [0.4, 0.5) is 0 Å². The first-order valence-electron chi connectivity index (χ1n) is 3.31. The second-order valence-electron chi connectivity index (χ2n) is 2.01. The summed E-state index contributed by atoms with van der Waals surface area (Å²) in [6.07, 6.45) is 1.58. The fourth-order valence-corrected chi connectivity index (χ4v) is 0.547. The first-order valence-corrected chi connectivity index (χ1v) is 3.31. The van der Waals surface area contributed by atoms with Gasteiger partial charge >= 0.3 is 5.97 Å². The summed E-state index contributed by atoms with van der Waals surface area (Å²) in [6, 6.07) is -0.630. The van der Waals surface area contributed by atoms with Crippen molar-refractivity contribution in [3.05, 3.63) is 12.7 Å². The summed E-state index contributed by atoms with van der Waals surface area (Å²) in [7, 11) is 1.58. The van der Waals surface area contributed by atoms with E-state index in [1.54, 1.807) is 13.1 Å². The van der Waals surface area contributed by atoms with Gasteiger partial charge in [-0.25, -0.2) is 0 Å². The summed E-state index contributed by atoms with van der Waals surface area (Å²) in [5, 5.41) is 11.1. The topological polar surface area (TPSA) is 58.6 Å². The summed E-state index contributed by atoms with van der Waals surface area (Å²) in [4.78, 5) is 10.4. The molecule has 0 spiro atoms. The monoisotopic (exact) mass is 159 g/mol. The average Bonchev–Trinajstić information content (AvgIpc) is 1.97. The molecule has 0 saturated heterocycles. The molecule has 0 heterocycles. The minimum atomic E-state index is -0.906. The SMILES string of the molecule is C=CCOC[C@@H](NC)C(=O)O. The maximum Gasteiger partial charge on any atom is 0.323 e. The highest BCUT2D eigenvalue weighted by Crippen LogP contribution is 1.85. The second kappa shape index (κ2) is 5.88. The molecule has 0 aromatic carbocycles. The average molecular weight is 159 g/mol. The Morgan fingerprint density at radius 1 is 1.91 bits per heavy atom. The summed E-state index contributed by atoms with van der Waals surface area (Å²) in [5.41, 5.74) is 0. The van der Waals surface area contributed by atoms with E-state index in [9.17, 15) is 4.79 Å². The van der Waals surface area contributed by atoms with Crippen molar-refractivity contribution >= 4 is 5.97 Å². The van der Waals surface area contributed by atoms with E-state index in [0.717, 1.165) is 0 Å². The van der Waals surface area contributed by atoms with E-state index < -0.39 is 12.0 Å². The predicted octanol–water partition coefficient (Wildman–Crippen LogP) is -0.138. The molecule has 0 aromatic rings. The van der Waals surface area contributed by atoms with Crippen LogP contribution in [-0.2, 0) is 9.53 Å². The van der Waals surface area contributed by atoms with Crippen LogP contribution in [0.2, 0.25) is 0 Å². The zero-order valence-electron chi connectivity index (χ0n) is 6.54. The Bertz CT molecular complexity index is 136. The van der Waals surface area contributed by atoms with Gasteiger partial charge < -0.3 is 15.2 Å². The minimum absolute atomic E-state index is 0.165. The third-order valence-corrected chi connectivity index (χ3v) is 1.17. The van der Waals surface area contributed by atoms with E-state index in [-0.39, 0.29) is 6.61 Å². The molecule has 64 valence electrons. The van der Waals surface area contributed by atoms with E-state index in [1.807, 2.05) is 0 Å². The van der Waals surface area contributed by atoms with Crippen LogP contribution in [0.5, 0.6) is 0 Å². The number of likely N-dealkylation sites (N-methyl/N-ethyl adjacent to an activating group) is 1. The molecule has 4 heteroatoms. The number of aliphatic carboxylic acids is 1. The van der Waals surface area contributed by atoms with Gasteiger partial charge in [0.2, 0.25) is 0 Å². The molecule has 0 unspecified atom stereocenters. The standard InChI is InChI=1S/C7H13NO3/c1-3-4-11-5-6(8-2)7(9)10/h3,6,8H,1,4-5H2,2H3,(H,9,10)/t6-/m1/s1. The van der Waals surface area contributed by atoms with Crippen LogP contribution in [0.3, 0.4) is 0 Å². The lowest BCUT2D eigenvalue weighted by Gasteiger charge is -2.09. The largest absolute Gasteiger partial charge is 0.480 e. The van der Waals surface area contributed by atoms with Gasteiger partial charge in [0, 0.05) is 0 Å². The Labute approximate surface area is 65.9 Å². The Morgan fingerprint density at radius 3 is 2.91 bits per heavy atom. The quantitative estimate of drug-likeness (QED) is 0.418. The highest BCUT2D eigenvalue weighted by atomic mass is 16.5.